The van der Waals surface area contributed by atoms with E-state index in [0.717, 1.165) is 11.1 Å². The van der Waals surface area contributed by atoms with Crippen LogP contribution in [0.15, 0.2) is 54.6 Å². The van der Waals surface area contributed by atoms with Crippen molar-refractivity contribution in [3.8, 4) is 0 Å². The Labute approximate surface area is 173 Å². The van der Waals surface area contributed by atoms with E-state index in [-0.39, 0.29) is 12.5 Å². The van der Waals surface area contributed by atoms with Crippen molar-refractivity contribution >= 4 is 29.6 Å². The second-order valence-electron chi connectivity index (χ2n) is 7.04. The number of nitrogens with zero attached hydrogens (tertiary/aromatic N) is 1. The quantitative estimate of drug-likeness (QED) is 0.704. The van der Waals surface area contributed by atoms with Crippen LogP contribution in [0.5, 0.6) is 0 Å². The number of amides is 1. The van der Waals surface area contributed by atoms with Crippen molar-refractivity contribution in [1.82, 2.24) is 4.90 Å². The molecule has 150 valence electrons. The first-order valence-electron chi connectivity index (χ1n) is 9.41. The van der Waals surface area contributed by atoms with E-state index in [4.69, 9.17) is 4.74 Å². The van der Waals surface area contributed by atoms with Gasteiger partial charge in [-0.3, -0.25) is 4.79 Å². The fourth-order valence-corrected chi connectivity index (χ4v) is 5.56. The lowest BCUT2D eigenvalue weighted by molar-refractivity contribution is -0.155. The van der Waals surface area contributed by atoms with Crippen LogP contribution in [0.1, 0.15) is 34.3 Å². The molecule has 2 heterocycles. The van der Waals surface area contributed by atoms with Gasteiger partial charge < -0.3 is 14.4 Å². The van der Waals surface area contributed by atoms with Crippen molar-refractivity contribution in [2.75, 3.05) is 12.9 Å². The van der Waals surface area contributed by atoms with Gasteiger partial charge in [-0.15, -0.1) is 11.8 Å². The molecule has 2 aromatic carbocycles. The third-order valence-electron chi connectivity index (χ3n) is 5.38. The maximum Gasteiger partial charge on any atom is 0.337 e. The first-order valence-corrected chi connectivity index (χ1v) is 10.4. The van der Waals surface area contributed by atoms with E-state index in [1.54, 1.807) is 40.9 Å². The molecule has 0 aliphatic carbocycles. The van der Waals surface area contributed by atoms with Crippen molar-refractivity contribution in [3.05, 3.63) is 71.3 Å². The van der Waals surface area contributed by atoms with Crippen molar-refractivity contribution in [1.29, 1.82) is 0 Å². The summed E-state index contributed by atoms with van der Waals surface area (Å²) in [4.78, 5) is 38.1. The minimum absolute atomic E-state index is 0.0109. The smallest absolute Gasteiger partial charge is 0.337 e. The van der Waals surface area contributed by atoms with Crippen LogP contribution in [0.2, 0.25) is 0 Å². The average molecular weight is 411 g/mol. The molecule has 0 N–H and O–H groups in total. The fraction of sp³-hybridized carbons (Fsp3) is 0.318. The van der Waals surface area contributed by atoms with Crippen molar-refractivity contribution in [2.24, 2.45) is 0 Å². The van der Waals surface area contributed by atoms with Gasteiger partial charge in [-0.2, -0.15) is 0 Å². The number of thioether (sulfide) groups is 1. The molecule has 2 aromatic rings. The third-order valence-corrected chi connectivity index (χ3v) is 6.98. The molecule has 0 unspecified atom stereocenters. The molecule has 0 saturated carbocycles. The molecule has 1 amide bonds. The first kappa shape index (κ1) is 19.5. The highest BCUT2D eigenvalue weighted by Gasteiger charge is 2.57. The number of carbonyl (C=O) groups is 3. The molecule has 2 atom stereocenters. The molecule has 0 bridgehead atoms. The van der Waals surface area contributed by atoms with E-state index in [2.05, 4.69) is 4.74 Å². The summed E-state index contributed by atoms with van der Waals surface area (Å²) in [7, 11) is 1.33. The van der Waals surface area contributed by atoms with Crippen molar-refractivity contribution in [2.45, 2.75) is 30.4 Å². The molecule has 0 spiro atoms. The topological polar surface area (TPSA) is 72.9 Å². The summed E-state index contributed by atoms with van der Waals surface area (Å²) < 4.78 is 10.2. The Bertz CT molecular complexity index is 930. The molecule has 2 fully saturated rings. The Kier molecular flexibility index (Phi) is 5.32. The number of esters is 2. The van der Waals surface area contributed by atoms with E-state index in [1.165, 1.54) is 7.11 Å². The van der Waals surface area contributed by atoms with Gasteiger partial charge in [0.2, 0.25) is 5.91 Å². The number of methoxy groups -OCH3 is 1. The van der Waals surface area contributed by atoms with E-state index in [9.17, 15) is 14.4 Å². The van der Waals surface area contributed by atoms with Crippen LogP contribution in [0.25, 0.3) is 0 Å². The predicted octanol–water partition coefficient (Wildman–Crippen LogP) is 3.11. The summed E-state index contributed by atoms with van der Waals surface area (Å²) in [5.41, 5.74) is 2.24. The van der Waals surface area contributed by atoms with Crippen LogP contribution in [0.3, 0.4) is 0 Å². The van der Waals surface area contributed by atoms with E-state index < -0.39 is 22.9 Å². The molecule has 2 aliphatic rings. The Morgan fingerprint density at radius 3 is 2.55 bits per heavy atom. The summed E-state index contributed by atoms with van der Waals surface area (Å²) >= 11 is 1.64. The second-order valence-corrected chi connectivity index (χ2v) is 8.33. The van der Waals surface area contributed by atoms with Gasteiger partial charge in [-0.1, -0.05) is 42.5 Å². The number of fused-ring (bicyclic) bond motifs is 1. The summed E-state index contributed by atoms with van der Waals surface area (Å²) in [6.45, 7) is 0.0851. The number of benzene rings is 2. The Morgan fingerprint density at radius 2 is 1.86 bits per heavy atom. The lowest BCUT2D eigenvalue weighted by Gasteiger charge is -2.33. The van der Waals surface area contributed by atoms with Gasteiger partial charge in [0.25, 0.3) is 0 Å². The van der Waals surface area contributed by atoms with Crippen LogP contribution in [-0.2, 0) is 30.5 Å². The second kappa shape index (κ2) is 7.91. The minimum atomic E-state index is -0.593. The summed E-state index contributed by atoms with van der Waals surface area (Å²) in [5.74, 6) is -0.312. The number of hydrogen-bond acceptors (Lipinski definition) is 6. The number of ether oxygens (including phenoxy) is 2. The Hall–Kier alpha value is -2.80. The van der Waals surface area contributed by atoms with Gasteiger partial charge in [-0.25, -0.2) is 9.59 Å². The minimum Gasteiger partial charge on any atom is -0.465 e. The van der Waals surface area contributed by atoms with Crippen LogP contribution >= 0.6 is 11.8 Å². The lowest BCUT2D eigenvalue weighted by Crippen LogP contribution is -2.46. The summed E-state index contributed by atoms with van der Waals surface area (Å²) in [6.07, 6.45) is 1.12. The van der Waals surface area contributed by atoms with Gasteiger partial charge in [0.15, 0.2) is 0 Å². The van der Waals surface area contributed by atoms with Crippen LogP contribution in [0.4, 0.5) is 0 Å². The van der Waals surface area contributed by atoms with Gasteiger partial charge in [0, 0.05) is 12.2 Å². The number of carbonyl (C=O) groups excluding carboxylic acids is 3. The van der Waals surface area contributed by atoms with E-state index in [0.29, 0.717) is 24.2 Å². The van der Waals surface area contributed by atoms with Gasteiger partial charge in [0.1, 0.15) is 17.5 Å². The van der Waals surface area contributed by atoms with Gasteiger partial charge in [0.05, 0.1) is 12.7 Å². The number of rotatable bonds is 5. The molecule has 2 aliphatic heterocycles. The zero-order valence-corrected chi connectivity index (χ0v) is 16.8. The maximum atomic E-state index is 12.8. The van der Waals surface area contributed by atoms with Gasteiger partial charge in [-0.05, 0) is 29.7 Å². The predicted molar refractivity (Wildman–Crippen MR) is 108 cm³/mol. The monoisotopic (exact) mass is 411 g/mol. The maximum absolute atomic E-state index is 12.8. The van der Waals surface area contributed by atoms with Crippen molar-refractivity contribution < 1.29 is 23.9 Å². The van der Waals surface area contributed by atoms with Gasteiger partial charge >= 0.3 is 11.9 Å². The average Bonchev–Trinajstić information content (AvgIpc) is 3.32. The van der Waals surface area contributed by atoms with Crippen LogP contribution in [0, 0.1) is 0 Å². The lowest BCUT2D eigenvalue weighted by atomic mass is 10.0. The van der Waals surface area contributed by atoms with Crippen molar-refractivity contribution in [3.63, 3.8) is 0 Å². The first-order chi connectivity index (χ1) is 14.0. The fourth-order valence-electron chi connectivity index (χ4n) is 3.92. The molecule has 4 rings (SSSR count). The zero-order valence-electron chi connectivity index (χ0n) is 16.0. The highest BCUT2D eigenvalue weighted by molar-refractivity contribution is 8.00. The SMILES string of the molecule is COC(=O)c1ccc(COC(=O)[C@H]2CS[C@]3(c4ccccc4)CCC(=O)N23)cc1. The van der Waals surface area contributed by atoms with E-state index >= 15 is 0 Å². The largest absolute Gasteiger partial charge is 0.465 e. The molecule has 29 heavy (non-hydrogen) atoms. The highest BCUT2D eigenvalue weighted by atomic mass is 32.2. The van der Waals surface area contributed by atoms with Crippen LogP contribution in [-0.4, -0.2) is 41.7 Å². The number of hydrogen-bond donors (Lipinski definition) is 0. The molecule has 0 radical (unpaired) electrons. The van der Waals surface area contributed by atoms with Crippen LogP contribution < -0.4 is 0 Å². The summed E-state index contributed by atoms with van der Waals surface area (Å²) in [5, 5.41) is 0. The molecule has 6 nitrogen and oxygen atoms in total. The molecular weight excluding hydrogens is 390 g/mol. The normalized spacial score (nSPS) is 23.0. The summed E-state index contributed by atoms with van der Waals surface area (Å²) in [6, 6.07) is 16.0. The molecule has 7 heteroatoms. The molecule has 2 saturated heterocycles. The Morgan fingerprint density at radius 1 is 1.14 bits per heavy atom. The molecule has 0 aromatic heterocycles. The standard InChI is InChI=1S/C22H21NO5S/c1-27-20(25)16-9-7-15(8-10-16)13-28-21(26)18-14-29-22(12-11-19(24)23(18)22)17-5-3-2-4-6-17/h2-10,18H,11-14H2,1H3/t18-,22+/m1/s1. The Balaban J connectivity index is 1.45. The zero-order chi connectivity index (χ0) is 20.4. The molecular formula is C22H21NO5S. The third kappa shape index (κ3) is 3.51. The van der Waals surface area contributed by atoms with E-state index in [1.807, 2.05) is 30.3 Å². The highest BCUT2D eigenvalue weighted by Crippen LogP contribution is 2.54.